The van der Waals surface area contributed by atoms with E-state index in [0.717, 1.165) is 25.1 Å². The van der Waals surface area contributed by atoms with Crippen LogP contribution in [-0.2, 0) is 11.2 Å². The second-order valence-corrected chi connectivity index (χ2v) is 5.82. The quantitative estimate of drug-likeness (QED) is 0.751. The standard InChI is InChI=1S/C18H29NO/c1-7-18(6,19(8-2)9-3)17(20)13-16-11-10-14(4)15(5)12-16/h10-12H,7-9,13H2,1-6H3. The molecule has 0 radical (unpaired) electrons. The van der Waals surface area contributed by atoms with Gasteiger partial charge in [-0.05, 0) is 57.0 Å². The maximum atomic E-state index is 12.8. The van der Waals surface area contributed by atoms with Crippen molar-refractivity contribution in [2.24, 2.45) is 0 Å². The van der Waals surface area contributed by atoms with Gasteiger partial charge in [-0.2, -0.15) is 0 Å². The number of nitrogens with zero attached hydrogens (tertiary/aromatic N) is 1. The third-order valence-corrected chi connectivity index (χ3v) is 4.69. The van der Waals surface area contributed by atoms with Crippen LogP contribution in [0.3, 0.4) is 0 Å². The van der Waals surface area contributed by atoms with E-state index >= 15 is 0 Å². The lowest BCUT2D eigenvalue weighted by molar-refractivity contribution is -0.129. The molecule has 1 rings (SSSR count). The zero-order valence-electron chi connectivity index (χ0n) is 13.9. The summed E-state index contributed by atoms with van der Waals surface area (Å²) in [4.78, 5) is 15.1. The predicted octanol–water partition coefficient (Wildman–Crippen LogP) is 3.93. The van der Waals surface area contributed by atoms with Crippen molar-refractivity contribution in [1.82, 2.24) is 4.90 Å². The lowest BCUT2D eigenvalue weighted by Gasteiger charge is -2.38. The molecule has 0 amide bonds. The van der Waals surface area contributed by atoms with Crippen molar-refractivity contribution in [3.8, 4) is 0 Å². The molecule has 0 N–H and O–H groups in total. The predicted molar refractivity (Wildman–Crippen MR) is 86.2 cm³/mol. The summed E-state index contributed by atoms with van der Waals surface area (Å²) >= 11 is 0. The number of carbonyl (C=O) groups excluding carboxylic acids is 1. The van der Waals surface area contributed by atoms with Gasteiger partial charge >= 0.3 is 0 Å². The van der Waals surface area contributed by atoms with Crippen molar-refractivity contribution < 1.29 is 4.79 Å². The van der Waals surface area contributed by atoms with Gasteiger partial charge in [-0.1, -0.05) is 39.0 Å². The highest BCUT2D eigenvalue weighted by Gasteiger charge is 2.35. The summed E-state index contributed by atoms with van der Waals surface area (Å²) in [5.74, 6) is 0.326. The van der Waals surface area contributed by atoms with E-state index in [1.54, 1.807) is 0 Å². The van der Waals surface area contributed by atoms with Crippen LogP contribution in [-0.4, -0.2) is 29.3 Å². The van der Waals surface area contributed by atoms with Crippen LogP contribution in [0.5, 0.6) is 0 Å². The lowest BCUT2D eigenvalue weighted by Crippen LogP contribution is -2.52. The van der Waals surface area contributed by atoms with Gasteiger partial charge in [0.05, 0.1) is 5.54 Å². The fourth-order valence-electron chi connectivity index (χ4n) is 2.81. The van der Waals surface area contributed by atoms with Crippen molar-refractivity contribution in [2.75, 3.05) is 13.1 Å². The Morgan fingerprint density at radius 1 is 1.10 bits per heavy atom. The molecule has 0 saturated carbocycles. The first kappa shape index (κ1) is 16.9. The lowest BCUT2D eigenvalue weighted by atomic mass is 9.86. The number of hydrogen-bond acceptors (Lipinski definition) is 2. The summed E-state index contributed by atoms with van der Waals surface area (Å²) in [7, 11) is 0. The van der Waals surface area contributed by atoms with Crippen molar-refractivity contribution in [3.63, 3.8) is 0 Å². The van der Waals surface area contributed by atoms with Crippen LogP contribution < -0.4 is 0 Å². The summed E-state index contributed by atoms with van der Waals surface area (Å²) in [6.45, 7) is 14.5. The Morgan fingerprint density at radius 2 is 1.70 bits per heavy atom. The van der Waals surface area contributed by atoms with E-state index in [4.69, 9.17) is 0 Å². The highest BCUT2D eigenvalue weighted by atomic mass is 16.1. The van der Waals surface area contributed by atoms with Gasteiger partial charge in [0.15, 0.2) is 5.78 Å². The largest absolute Gasteiger partial charge is 0.297 e. The number of aryl methyl sites for hydroxylation is 2. The molecule has 0 bridgehead atoms. The zero-order valence-corrected chi connectivity index (χ0v) is 13.9. The Bertz CT molecular complexity index is 462. The summed E-state index contributed by atoms with van der Waals surface area (Å²) in [5.41, 5.74) is 3.33. The number of benzene rings is 1. The van der Waals surface area contributed by atoms with Crippen molar-refractivity contribution >= 4 is 5.78 Å². The third-order valence-electron chi connectivity index (χ3n) is 4.69. The smallest absolute Gasteiger partial charge is 0.157 e. The molecule has 2 nitrogen and oxygen atoms in total. The number of likely N-dealkylation sites (N-methyl/N-ethyl adjacent to an activating group) is 1. The minimum absolute atomic E-state index is 0.326. The van der Waals surface area contributed by atoms with E-state index in [0.29, 0.717) is 12.2 Å². The van der Waals surface area contributed by atoms with Crippen LogP contribution in [0, 0.1) is 13.8 Å². The number of Topliss-reactive ketones (excluding diaryl/α,β-unsaturated/α-hetero) is 1. The van der Waals surface area contributed by atoms with Gasteiger partial charge in [-0.15, -0.1) is 0 Å². The molecule has 1 unspecified atom stereocenters. The van der Waals surface area contributed by atoms with Crippen LogP contribution >= 0.6 is 0 Å². The van der Waals surface area contributed by atoms with Crippen LogP contribution in [0.15, 0.2) is 18.2 Å². The van der Waals surface area contributed by atoms with E-state index in [1.165, 1.54) is 11.1 Å². The molecule has 0 heterocycles. The number of ketones is 1. The van der Waals surface area contributed by atoms with Crippen molar-refractivity contribution in [1.29, 1.82) is 0 Å². The van der Waals surface area contributed by atoms with E-state index in [1.807, 2.05) is 0 Å². The summed E-state index contributed by atoms with van der Waals surface area (Å²) in [5, 5.41) is 0. The van der Waals surface area contributed by atoms with Crippen LogP contribution in [0.4, 0.5) is 0 Å². The SMILES string of the molecule is CCN(CC)C(C)(CC)C(=O)Cc1ccc(C)c(C)c1. The highest BCUT2D eigenvalue weighted by molar-refractivity contribution is 5.89. The molecule has 2 heteroatoms. The number of carbonyl (C=O) groups is 1. The minimum atomic E-state index is -0.345. The second-order valence-electron chi connectivity index (χ2n) is 5.82. The van der Waals surface area contributed by atoms with Gasteiger partial charge < -0.3 is 0 Å². The van der Waals surface area contributed by atoms with E-state index in [9.17, 15) is 4.79 Å². The molecule has 0 saturated heterocycles. The molecule has 1 aromatic rings. The molecule has 0 aliphatic carbocycles. The molecule has 0 aromatic heterocycles. The van der Waals surface area contributed by atoms with Crippen LogP contribution in [0.1, 0.15) is 50.8 Å². The van der Waals surface area contributed by atoms with Gasteiger partial charge in [-0.25, -0.2) is 0 Å². The normalized spacial score (nSPS) is 14.3. The fraction of sp³-hybridized carbons (Fsp3) is 0.611. The molecule has 0 fully saturated rings. The Balaban J connectivity index is 2.94. The maximum absolute atomic E-state index is 12.8. The summed E-state index contributed by atoms with van der Waals surface area (Å²) in [6.07, 6.45) is 1.39. The molecule has 20 heavy (non-hydrogen) atoms. The third kappa shape index (κ3) is 3.49. The zero-order chi connectivity index (χ0) is 15.3. The van der Waals surface area contributed by atoms with Gasteiger partial charge in [0.2, 0.25) is 0 Å². The first-order valence-corrected chi connectivity index (χ1v) is 7.73. The average Bonchev–Trinajstić information content (AvgIpc) is 2.43. The molecule has 1 aromatic carbocycles. The highest BCUT2D eigenvalue weighted by Crippen LogP contribution is 2.23. The molecular weight excluding hydrogens is 246 g/mol. The molecule has 0 aliphatic heterocycles. The molecule has 0 spiro atoms. The monoisotopic (exact) mass is 275 g/mol. The number of rotatable bonds is 7. The molecule has 0 aliphatic rings. The second kappa shape index (κ2) is 7.03. The van der Waals surface area contributed by atoms with Gasteiger partial charge in [-0.3, -0.25) is 9.69 Å². The Kier molecular flexibility index (Phi) is 5.94. The van der Waals surface area contributed by atoms with Crippen LogP contribution in [0.2, 0.25) is 0 Å². The maximum Gasteiger partial charge on any atom is 0.157 e. The van der Waals surface area contributed by atoms with Gasteiger partial charge in [0, 0.05) is 6.42 Å². The summed E-state index contributed by atoms with van der Waals surface area (Å²) in [6, 6.07) is 6.34. The minimum Gasteiger partial charge on any atom is -0.297 e. The first-order valence-electron chi connectivity index (χ1n) is 7.73. The Hall–Kier alpha value is -1.15. The first-order chi connectivity index (χ1) is 9.38. The topological polar surface area (TPSA) is 20.3 Å². The van der Waals surface area contributed by atoms with E-state index < -0.39 is 0 Å². The average molecular weight is 275 g/mol. The Labute approximate surface area is 124 Å². The number of hydrogen-bond donors (Lipinski definition) is 0. The van der Waals surface area contributed by atoms with E-state index in [-0.39, 0.29) is 5.54 Å². The van der Waals surface area contributed by atoms with Crippen molar-refractivity contribution in [3.05, 3.63) is 34.9 Å². The molecule has 112 valence electrons. The molecule has 1 atom stereocenters. The molecular formula is C18H29NO. The fourth-order valence-corrected chi connectivity index (χ4v) is 2.81. The Morgan fingerprint density at radius 3 is 2.15 bits per heavy atom. The van der Waals surface area contributed by atoms with Gasteiger partial charge in [0.25, 0.3) is 0 Å². The summed E-state index contributed by atoms with van der Waals surface area (Å²) < 4.78 is 0. The van der Waals surface area contributed by atoms with Gasteiger partial charge in [0.1, 0.15) is 0 Å². The van der Waals surface area contributed by atoms with Crippen LogP contribution in [0.25, 0.3) is 0 Å². The van der Waals surface area contributed by atoms with Crippen molar-refractivity contribution in [2.45, 2.75) is 59.9 Å². The van der Waals surface area contributed by atoms with E-state index in [2.05, 4.69) is 64.6 Å².